The molecule has 8 heteroatoms. The Balaban J connectivity index is 1.37. The first-order valence-corrected chi connectivity index (χ1v) is 13.2. The highest BCUT2D eigenvalue weighted by atomic mass is 16.5. The van der Waals surface area contributed by atoms with Crippen molar-refractivity contribution >= 4 is 23.6 Å². The average molecular weight is 544 g/mol. The number of esters is 1. The van der Waals surface area contributed by atoms with Crippen LogP contribution in [-0.4, -0.2) is 34.6 Å². The van der Waals surface area contributed by atoms with Crippen molar-refractivity contribution in [3.05, 3.63) is 118 Å². The van der Waals surface area contributed by atoms with Crippen molar-refractivity contribution in [2.75, 3.05) is 0 Å². The summed E-state index contributed by atoms with van der Waals surface area (Å²) in [7, 11) is 0. The molecule has 6 rings (SSSR count). The molecule has 1 aliphatic carbocycles. The number of carbonyl (C=O) groups excluding carboxylic acids is 4. The summed E-state index contributed by atoms with van der Waals surface area (Å²) >= 11 is 0. The Hall–Kier alpha value is -5.29. The fraction of sp³-hybridized carbons (Fsp3) is 0.182. The highest BCUT2D eigenvalue weighted by Crippen LogP contribution is 2.47. The minimum atomic E-state index is -1.28. The summed E-state index contributed by atoms with van der Waals surface area (Å²) in [6.45, 7) is 3.54. The van der Waals surface area contributed by atoms with Crippen LogP contribution in [0.25, 0.3) is 11.1 Å². The highest BCUT2D eigenvalue weighted by Gasteiger charge is 2.44. The maximum Gasteiger partial charge on any atom is 0.337 e. The molecule has 1 N–H and O–H groups in total. The van der Waals surface area contributed by atoms with E-state index in [1.165, 1.54) is 0 Å². The standard InChI is InChI=1S/C33H25N3O5/c1-18-25(16-34)30(23-13-8-14-24-29(23)21-11-6-7-12-22(21)31(24)38)28(19(2)35-18)33(40)41-26-15-27(37)36(32(26)39)17-20-9-4-3-5-10-20/h3-14,26,30,35H,15,17H2,1-2H3/t26-,30?/m0/s1. The summed E-state index contributed by atoms with van der Waals surface area (Å²) in [6, 6.07) is 23.9. The van der Waals surface area contributed by atoms with Gasteiger partial charge < -0.3 is 10.1 Å². The fourth-order valence-electron chi connectivity index (χ4n) is 5.94. The fourth-order valence-corrected chi connectivity index (χ4v) is 5.94. The van der Waals surface area contributed by atoms with E-state index in [-0.39, 0.29) is 24.3 Å². The lowest BCUT2D eigenvalue weighted by Gasteiger charge is -2.30. The van der Waals surface area contributed by atoms with Crippen LogP contribution >= 0.6 is 0 Å². The first kappa shape index (κ1) is 26.0. The van der Waals surface area contributed by atoms with E-state index in [0.29, 0.717) is 39.2 Å². The summed E-state index contributed by atoms with van der Waals surface area (Å²) in [4.78, 5) is 54.1. The molecule has 41 heavy (non-hydrogen) atoms. The number of nitriles is 1. The van der Waals surface area contributed by atoms with Gasteiger partial charge >= 0.3 is 5.97 Å². The lowest BCUT2D eigenvalue weighted by Crippen LogP contribution is -2.35. The minimum Gasteiger partial charge on any atom is -0.448 e. The van der Waals surface area contributed by atoms with Gasteiger partial charge in [0.25, 0.3) is 5.91 Å². The number of dihydropyridines is 1. The van der Waals surface area contributed by atoms with E-state index < -0.39 is 29.8 Å². The lowest BCUT2D eigenvalue weighted by molar-refractivity contribution is -0.153. The molecule has 3 aromatic rings. The van der Waals surface area contributed by atoms with Gasteiger partial charge in [0.05, 0.1) is 36.1 Å². The first-order chi connectivity index (χ1) is 19.8. The number of likely N-dealkylation sites (tertiary alicyclic amines) is 1. The maximum absolute atomic E-state index is 13.8. The third-order valence-electron chi connectivity index (χ3n) is 7.83. The van der Waals surface area contributed by atoms with Gasteiger partial charge in [-0.2, -0.15) is 5.26 Å². The molecule has 3 aromatic carbocycles. The average Bonchev–Trinajstić information content (AvgIpc) is 3.41. The number of benzene rings is 3. The molecule has 1 saturated heterocycles. The predicted octanol–water partition coefficient (Wildman–Crippen LogP) is 4.53. The number of amides is 2. The second-order valence-electron chi connectivity index (χ2n) is 10.3. The smallest absolute Gasteiger partial charge is 0.337 e. The van der Waals surface area contributed by atoms with Crippen molar-refractivity contribution in [2.45, 2.75) is 38.8 Å². The van der Waals surface area contributed by atoms with E-state index in [1.54, 1.807) is 44.2 Å². The summed E-state index contributed by atoms with van der Waals surface area (Å²) in [5, 5.41) is 13.3. The molecule has 1 unspecified atom stereocenters. The van der Waals surface area contributed by atoms with E-state index in [2.05, 4.69) is 11.4 Å². The van der Waals surface area contributed by atoms with Crippen LogP contribution in [0.4, 0.5) is 0 Å². The van der Waals surface area contributed by atoms with Crippen LogP contribution in [0, 0.1) is 11.3 Å². The number of nitrogens with zero attached hydrogens (tertiary/aromatic N) is 2. The number of rotatable bonds is 5. The molecular formula is C33H25N3O5. The van der Waals surface area contributed by atoms with Gasteiger partial charge in [0.2, 0.25) is 5.91 Å². The van der Waals surface area contributed by atoms with Crippen molar-refractivity contribution in [1.82, 2.24) is 10.2 Å². The molecule has 8 nitrogen and oxygen atoms in total. The van der Waals surface area contributed by atoms with Crippen molar-refractivity contribution in [3.8, 4) is 17.2 Å². The van der Waals surface area contributed by atoms with Crippen LogP contribution in [0.1, 0.15) is 53.2 Å². The van der Waals surface area contributed by atoms with Crippen LogP contribution in [0.5, 0.6) is 0 Å². The molecule has 2 atom stereocenters. The van der Waals surface area contributed by atoms with Gasteiger partial charge in [0.15, 0.2) is 11.9 Å². The highest BCUT2D eigenvalue weighted by molar-refractivity contribution is 6.22. The zero-order valence-corrected chi connectivity index (χ0v) is 22.4. The topological polar surface area (TPSA) is 117 Å². The summed E-state index contributed by atoms with van der Waals surface area (Å²) in [6.07, 6.45) is -1.54. The molecule has 0 bridgehead atoms. The number of ether oxygens (including phenoxy) is 1. The Kier molecular flexibility index (Phi) is 6.35. The number of hydrogen-bond acceptors (Lipinski definition) is 7. The number of fused-ring (bicyclic) bond motifs is 3. The zero-order chi connectivity index (χ0) is 28.8. The Bertz CT molecular complexity index is 1760. The van der Waals surface area contributed by atoms with Crippen LogP contribution in [0.3, 0.4) is 0 Å². The van der Waals surface area contributed by atoms with Crippen LogP contribution in [0.15, 0.2) is 95.3 Å². The van der Waals surface area contributed by atoms with E-state index in [4.69, 9.17) is 4.74 Å². The maximum atomic E-state index is 13.8. The van der Waals surface area contributed by atoms with Gasteiger partial charge in [-0.05, 0) is 36.1 Å². The van der Waals surface area contributed by atoms with Crippen molar-refractivity contribution in [2.24, 2.45) is 0 Å². The SMILES string of the molecule is CC1=C(C#N)C(c2cccc3c2-c2ccccc2C3=O)C(C(=O)O[C@H]2CC(=O)N(Cc3ccccc3)C2=O)=C(C)N1. The first-order valence-electron chi connectivity index (χ1n) is 13.2. The van der Waals surface area contributed by atoms with Crippen molar-refractivity contribution < 1.29 is 23.9 Å². The van der Waals surface area contributed by atoms with Gasteiger partial charge in [-0.15, -0.1) is 0 Å². The van der Waals surface area contributed by atoms with Crippen LogP contribution in [-0.2, 0) is 25.7 Å². The Morgan fingerprint density at radius 3 is 2.34 bits per heavy atom. The molecule has 1 fully saturated rings. The molecule has 0 aromatic heterocycles. The molecule has 2 aliphatic heterocycles. The van der Waals surface area contributed by atoms with Gasteiger partial charge in [-0.1, -0.05) is 72.8 Å². The molecule has 0 spiro atoms. The normalized spacial score (nSPS) is 19.6. The number of allylic oxidation sites excluding steroid dienone is 3. The summed E-state index contributed by atoms with van der Waals surface area (Å²) in [5.74, 6) is -2.79. The predicted molar refractivity (Wildman–Crippen MR) is 149 cm³/mol. The van der Waals surface area contributed by atoms with E-state index >= 15 is 0 Å². The number of imide groups is 1. The second kappa shape index (κ2) is 10.0. The van der Waals surface area contributed by atoms with Crippen LogP contribution < -0.4 is 5.32 Å². The molecule has 3 aliphatic rings. The third-order valence-corrected chi connectivity index (χ3v) is 7.83. The van der Waals surface area contributed by atoms with E-state index in [1.807, 2.05) is 42.5 Å². The van der Waals surface area contributed by atoms with Crippen LogP contribution in [0.2, 0.25) is 0 Å². The monoisotopic (exact) mass is 543 g/mol. The molecule has 202 valence electrons. The molecular weight excluding hydrogens is 518 g/mol. The van der Waals surface area contributed by atoms with Crippen molar-refractivity contribution in [3.63, 3.8) is 0 Å². The van der Waals surface area contributed by atoms with Gasteiger partial charge in [0.1, 0.15) is 0 Å². The Morgan fingerprint density at radius 2 is 1.61 bits per heavy atom. The Morgan fingerprint density at radius 1 is 0.927 bits per heavy atom. The lowest BCUT2D eigenvalue weighted by atomic mass is 9.78. The number of hydrogen-bond donors (Lipinski definition) is 1. The summed E-state index contributed by atoms with van der Waals surface area (Å²) in [5.41, 5.74) is 5.33. The molecule has 0 saturated carbocycles. The molecule has 0 radical (unpaired) electrons. The summed E-state index contributed by atoms with van der Waals surface area (Å²) < 4.78 is 5.71. The number of ketones is 1. The minimum absolute atomic E-state index is 0.0859. The van der Waals surface area contributed by atoms with Gasteiger partial charge in [0, 0.05) is 22.5 Å². The number of nitrogens with one attached hydrogen (secondary N) is 1. The number of carbonyl (C=O) groups is 4. The van der Waals surface area contributed by atoms with Crippen molar-refractivity contribution in [1.29, 1.82) is 5.26 Å². The van der Waals surface area contributed by atoms with Gasteiger partial charge in [-0.3, -0.25) is 19.3 Å². The quantitative estimate of drug-likeness (QED) is 0.290. The van der Waals surface area contributed by atoms with E-state index in [9.17, 15) is 24.4 Å². The second-order valence-corrected chi connectivity index (χ2v) is 10.3. The largest absolute Gasteiger partial charge is 0.448 e. The van der Waals surface area contributed by atoms with Gasteiger partial charge in [-0.25, -0.2) is 4.79 Å². The molecule has 2 heterocycles. The van der Waals surface area contributed by atoms with E-state index in [0.717, 1.165) is 16.0 Å². The zero-order valence-electron chi connectivity index (χ0n) is 22.4. The Labute approximate surface area is 236 Å². The third kappa shape index (κ3) is 4.23. The molecule has 2 amide bonds.